The molecule has 0 aromatic heterocycles. The Morgan fingerprint density at radius 2 is 1.32 bits per heavy atom. The summed E-state index contributed by atoms with van der Waals surface area (Å²) in [5.41, 5.74) is 10.3. The van der Waals surface area contributed by atoms with E-state index in [2.05, 4.69) is 90.7 Å². The first-order valence-electron chi connectivity index (χ1n) is 14.3. The molecule has 0 N–H and O–H groups in total. The van der Waals surface area contributed by atoms with Crippen molar-refractivity contribution in [3.05, 3.63) is 123 Å². The molecule has 0 radical (unpaired) electrons. The molecule has 41 heavy (non-hydrogen) atoms. The lowest BCUT2D eigenvalue weighted by Gasteiger charge is -2.23. The van der Waals surface area contributed by atoms with Gasteiger partial charge in [0.05, 0.1) is 10.0 Å². The van der Waals surface area contributed by atoms with E-state index >= 15 is 0 Å². The summed E-state index contributed by atoms with van der Waals surface area (Å²) in [5.74, 6) is 0. The first kappa shape index (κ1) is 26.8. The summed E-state index contributed by atoms with van der Waals surface area (Å²) < 4.78 is 0. The van der Waals surface area contributed by atoms with Crippen molar-refractivity contribution in [2.45, 2.75) is 39.3 Å². The first-order chi connectivity index (χ1) is 20.0. The minimum atomic E-state index is 0.574. The molecule has 204 valence electrons. The molecule has 4 heteroatoms. The lowest BCUT2D eigenvalue weighted by molar-refractivity contribution is 0.255. The van der Waals surface area contributed by atoms with Crippen molar-refractivity contribution >= 4 is 61.9 Å². The zero-order chi connectivity index (χ0) is 28.1. The third-order valence-corrected chi connectivity index (χ3v) is 9.55. The number of nitrogens with zero attached hydrogens (tertiary/aromatic N) is 1. The molecule has 0 bridgehead atoms. The average molecular weight is 595 g/mol. The van der Waals surface area contributed by atoms with Gasteiger partial charge in [0, 0.05) is 24.5 Å². The lowest BCUT2D eigenvalue weighted by Crippen LogP contribution is -2.23. The fraction of sp³-hybridized carbons (Fsp3) is 0.189. The van der Waals surface area contributed by atoms with E-state index in [9.17, 15) is 0 Å². The van der Waals surface area contributed by atoms with Crippen molar-refractivity contribution in [2.24, 2.45) is 0 Å². The Morgan fingerprint density at radius 1 is 0.683 bits per heavy atom. The molecule has 7 rings (SSSR count). The van der Waals surface area contributed by atoms with Crippen LogP contribution in [0.1, 0.15) is 42.9 Å². The van der Waals surface area contributed by atoms with E-state index in [4.69, 9.17) is 34.8 Å². The molecular weight excluding hydrogens is 565 g/mol. The molecule has 0 spiro atoms. The zero-order valence-electron chi connectivity index (χ0n) is 23.0. The van der Waals surface area contributed by atoms with Gasteiger partial charge in [0.25, 0.3) is 0 Å². The van der Waals surface area contributed by atoms with Gasteiger partial charge in [-0.05, 0) is 109 Å². The van der Waals surface area contributed by atoms with Gasteiger partial charge >= 0.3 is 0 Å². The van der Waals surface area contributed by atoms with E-state index in [0.29, 0.717) is 10.0 Å². The molecule has 1 aliphatic carbocycles. The number of unbranched alkanes of at least 4 members (excludes halogenated alkanes) is 1. The molecule has 0 unspecified atom stereocenters. The van der Waals surface area contributed by atoms with Crippen LogP contribution in [0.2, 0.25) is 10.0 Å². The maximum absolute atomic E-state index is 6.59. The van der Waals surface area contributed by atoms with Crippen molar-refractivity contribution in [1.82, 2.24) is 4.90 Å². The lowest BCUT2D eigenvalue weighted by atomic mass is 9.82. The number of fused-ring (bicyclic) bond motifs is 7. The highest BCUT2D eigenvalue weighted by Crippen LogP contribution is 2.49. The van der Waals surface area contributed by atoms with Crippen molar-refractivity contribution in [1.29, 1.82) is 0 Å². The van der Waals surface area contributed by atoms with Crippen molar-refractivity contribution in [3.8, 4) is 22.3 Å². The van der Waals surface area contributed by atoms with Gasteiger partial charge in [0.1, 0.15) is 0 Å². The second-order valence-corrected chi connectivity index (χ2v) is 12.5. The Kier molecular flexibility index (Phi) is 7.17. The molecule has 0 atom stereocenters. The van der Waals surface area contributed by atoms with Crippen LogP contribution in [0.25, 0.3) is 49.4 Å². The topological polar surface area (TPSA) is 3.24 Å². The van der Waals surface area contributed by atoms with Crippen LogP contribution in [0.3, 0.4) is 0 Å². The van der Waals surface area contributed by atoms with E-state index in [1.165, 1.54) is 60.5 Å². The van der Waals surface area contributed by atoms with Gasteiger partial charge in [-0.25, -0.2) is 0 Å². The van der Waals surface area contributed by atoms with Gasteiger partial charge in [-0.2, -0.15) is 0 Å². The first-order valence-corrected chi connectivity index (χ1v) is 15.5. The highest BCUT2D eigenvalue weighted by Gasteiger charge is 2.29. The Bertz CT molecular complexity index is 1900. The third kappa shape index (κ3) is 4.80. The van der Waals surface area contributed by atoms with Crippen LogP contribution in [-0.4, -0.2) is 11.4 Å². The van der Waals surface area contributed by atoms with Crippen LogP contribution in [0.5, 0.6) is 0 Å². The number of hydrogen-bond acceptors (Lipinski definition) is 1. The highest BCUT2D eigenvalue weighted by molar-refractivity contribution is 6.42. The van der Waals surface area contributed by atoms with Gasteiger partial charge in [-0.3, -0.25) is 4.90 Å². The fourth-order valence-corrected chi connectivity index (χ4v) is 7.11. The van der Waals surface area contributed by atoms with Crippen LogP contribution in [0.15, 0.2) is 96.0 Å². The van der Waals surface area contributed by atoms with Crippen LogP contribution < -0.4 is 0 Å². The minimum Gasteiger partial charge on any atom is -0.295 e. The molecule has 1 aliphatic heterocycles. The SMILES string of the molecule is CCCCN1Cc2c(C3=CC=C(Cl)C3)cc3ccccc3c2-c2c(c(-c3ccc(Cl)c(Cl)c3)cc3ccccc23)C1. The summed E-state index contributed by atoms with van der Waals surface area (Å²) in [6, 6.07) is 28.4. The summed E-state index contributed by atoms with van der Waals surface area (Å²) >= 11 is 19.5. The average Bonchev–Trinajstić information content (AvgIpc) is 3.34. The van der Waals surface area contributed by atoms with Crippen molar-refractivity contribution in [3.63, 3.8) is 0 Å². The number of halogens is 3. The molecule has 5 aromatic carbocycles. The predicted molar refractivity (Wildman–Crippen MR) is 178 cm³/mol. The number of benzene rings is 5. The molecule has 0 amide bonds. The van der Waals surface area contributed by atoms with E-state index in [1.807, 2.05) is 12.1 Å². The van der Waals surface area contributed by atoms with E-state index in [-0.39, 0.29) is 0 Å². The van der Waals surface area contributed by atoms with Gasteiger partial charge in [-0.1, -0.05) is 109 Å². The minimum absolute atomic E-state index is 0.574. The molecule has 0 saturated carbocycles. The summed E-state index contributed by atoms with van der Waals surface area (Å²) in [4.78, 5) is 2.63. The Balaban J connectivity index is 1.62. The Labute approximate surface area is 256 Å². The van der Waals surface area contributed by atoms with Crippen LogP contribution in [0.4, 0.5) is 0 Å². The summed E-state index contributed by atoms with van der Waals surface area (Å²) in [7, 11) is 0. The number of rotatable bonds is 5. The second kappa shape index (κ2) is 11.0. The monoisotopic (exact) mass is 593 g/mol. The fourth-order valence-electron chi connectivity index (χ4n) is 6.61. The van der Waals surface area contributed by atoms with E-state index < -0.39 is 0 Å². The zero-order valence-corrected chi connectivity index (χ0v) is 25.3. The summed E-state index contributed by atoms with van der Waals surface area (Å²) in [5, 5.41) is 7.09. The Hall–Kier alpha value is -3.07. The van der Waals surface area contributed by atoms with Gasteiger partial charge < -0.3 is 0 Å². The highest BCUT2D eigenvalue weighted by atomic mass is 35.5. The summed E-state index contributed by atoms with van der Waals surface area (Å²) in [6.07, 6.45) is 7.34. The van der Waals surface area contributed by atoms with Gasteiger partial charge in [0.2, 0.25) is 0 Å². The molecule has 2 aliphatic rings. The van der Waals surface area contributed by atoms with Gasteiger partial charge in [0.15, 0.2) is 0 Å². The normalized spacial score (nSPS) is 15.0. The van der Waals surface area contributed by atoms with Gasteiger partial charge in [-0.15, -0.1) is 0 Å². The van der Waals surface area contributed by atoms with Crippen LogP contribution in [-0.2, 0) is 13.1 Å². The smallest absolute Gasteiger partial charge is 0.0598 e. The largest absolute Gasteiger partial charge is 0.295 e. The van der Waals surface area contributed by atoms with Crippen LogP contribution in [0, 0.1) is 0 Å². The third-order valence-electron chi connectivity index (χ3n) is 8.56. The molecule has 1 nitrogen and oxygen atoms in total. The maximum Gasteiger partial charge on any atom is 0.0598 e. The molecular formula is C37H30Cl3N. The number of allylic oxidation sites excluding steroid dienone is 4. The van der Waals surface area contributed by atoms with Crippen molar-refractivity contribution in [2.75, 3.05) is 6.54 Å². The molecule has 0 saturated heterocycles. The molecule has 5 aromatic rings. The quantitative estimate of drug-likeness (QED) is 0.196. The molecule has 0 fully saturated rings. The Morgan fingerprint density at radius 3 is 1.93 bits per heavy atom. The molecule has 1 heterocycles. The van der Waals surface area contributed by atoms with E-state index in [1.54, 1.807) is 0 Å². The standard InChI is InChI=1S/C37H30Cl3N/c1-2-3-16-41-21-32-30(25-12-14-27(38)17-25)18-23-8-4-6-10-28(23)36(32)37-29-11-7-5-9-24(29)19-31(33(37)22-41)26-13-15-34(39)35(40)20-26/h4-15,18-20H,2-3,16-17,21-22H2,1H3. The summed E-state index contributed by atoms with van der Waals surface area (Å²) in [6.45, 7) is 5.04. The van der Waals surface area contributed by atoms with Crippen LogP contribution >= 0.6 is 34.8 Å². The predicted octanol–water partition coefficient (Wildman–Crippen LogP) is 11.7. The van der Waals surface area contributed by atoms with Crippen molar-refractivity contribution < 1.29 is 0 Å². The number of hydrogen-bond donors (Lipinski definition) is 0. The maximum atomic E-state index is 6.59. The van der Waals surface area contributed by atoms with E-state index in [0.717, 1.165) is 49.5 Å². The second-order valence-electron chi connectivity index (χ2n) is 11.2.